The van der Waals surface area contributed by atoms with Crippen molar-refractivity contribution in [3.05, 3.63) is 63.1 Å². The topological polar surface area (TPSA) is 35.8 Å². The lowest BCUT2D eigenvalue weighted by molar-refractivity contribution is 0.884. The van der Waals surface area contributed by atoms with Gasteiger partial charge in [-0.15, -0.1) is 0 Å². The summed E-state index contributed by atoms with van der Waals surface area (Å²) >= 11 is 12.3. The molecule has 0 aliphatic carbocycles. The Morgan fingerprint density at radius 2 is 1.75 bits per heavy atom. The number of anilines is 1. The second kappa shape index (κ2) is 6.17. The Hall–Kier alpha value is -1.69. The average Bonchev–Trinajstić information content (AvgIpc) is 2.44. The highest BCUT2D eigenvalue weighted by atomic mass is 35.5. The molecular weight excluding hydrogens is 291 g/mol. The van der Waals surface area contributed by atoms with Crippen LogP contribution < -0.4 is 5.32 Å². The molecule has 0 saturated heterocycles. The molecule has 102 valence electrons. The Bertz CT molecular complexity index is 657. The molecular formula is C16H14Cl2N2. The highest BCUT2D eigenvalue weighted by Gasteiger charge is 2.09. The quantitative estimate of drug-likeness (QED) is 0.830. The molecule has 0 aliphatic rings. The van der Waals surface area contributed by atoms with Gasteiger partial charge in [-0.2, -0.15) is 5.26 Å². The van der Waals surface area contributed by atoms with Gasteiger partial charge in [-0.1, -0.05) is 35.3 Å². The zero-order valence-electron chi connectivity index (χ0n) is 11.2. The maximum absolute atomic E-state index is 8.80. The molecule has 0 heterocycles. The highest BCUT2D eigenvalue weighted by Crippen LogP contribution is 2.31. The molecule has 0 radical (unpaired) electrons. The molecule has 0 saturated carbocycles. The Kier molecular flexibility index (Phi) is 4.54. The maximum Gasteiger partial charge on any atom is 0.0991 e. The summed E-state index contributed by atoms with van der Waals surface area (Å²) in [6.45, 7) is 3.95. The minimum atomic E-state index is 0.0685. The van der Waals surface area contributed by atoms with Crippen molar-refractivity contribution in [2.24, 2.45) is 0 Å². The molecule has 0 amide bonds. The second-order valence-electron chi connectivity index (χ2n) is 4.68. The SMILES string of the molecule is Cc1cc(Cl)c(NC(C)c2ccc(C#N)cc2)cc1Cl. The van der Waals surface area contributed by atoms with Gasteiger partial charge >= 0.3 is 0 Å². The first-order valence-corrected chi connectivity index (χ1v) is 6.99. The molecule has 1 N–H and O–H groups in total. The average molecular weight is 305 g/mol. The predicted octanol–water partition coefficient (Wildman–Crippen LogP) is 5.35. The molecule has 4 heteroatoms. The molecule has 0 bridgehead atoms. The van der Waals surface area contributed by atoms with Gasteiger partial charge in [0.15, 0.2) is 0 Å². The smallest absolute Gasteiger partial charge is 0.0991 e. The minimum absolute atomic E-state index is 0.0685. The van der Waals surface area contributed by atoms with E-state index in [9.17, 15) is 0 Å². The van der Waals surface area contributed by atoms with Gasteiger partial charge in [0.25, 0.3) is 0 Å². The van der Waals surface area contributed by atoms with Crippen LogP contribution in [0.2, 0.25) is 10.0 Å². The van der Waals surface area contributed by atoms with E-state index in [1.54, 1.807) is 12.1 Å². The van der Waals surface area contributed by atoms with Gasteiger partial charge in [0.1, 0.15) is 0 Å². The molecule has 0 fully saturated rings. The molecule has 2 rings (SSSR count). The van der Waals surface area contributed by atoms with Gasteiger partial charge < -0.3 is 5.32 Å². The van der Waals surface area contributed by atoms with Crippen LogP contribution in [-0.4, -0.2) is 0 Å². The van der Waals surface area contributed by atoms with E-state index in [2.05, 4.69) is 11.4 Å². The lowest BCUT2D eigenvalue weighted by atomic mass is 10.1. The lowest BCUT2D eigenvalue weighted by Crippen LogP contribution is -2.07. The Labute approximate surface area is 128 Å². The van der Waals surface area contributed by atoms with Gasteiger partial charge in [-0.05, 0) is 49.2 Å². The number of rotatable bonds is 3. The standard InChI is InChI=1S/C16H14Cl2N2/c1-10-7-15(18)16(8-14(10)17)20-11(2)13-5-3-12(9-19)4-6-13/h3-8,11,20H,1-2H3. The van der Waals surface area contributed by atoms with Crippen LogP contribution in [-0.2, 0) is 0 Å². The number of nitrogens with one attached hydrogen (secondary N) is 1. The van der Waals surface area contributed by atoms with E-state index in [0.717, 1.165) is 16.8 Å². The molecule has 1 atom stereocenters. The zero-order valence-corrected chi connectivity index (χ0v) is 12.8. The van der Waals surface area contributed by atoms with Crippen molar-refractivity contribution in [1.82, 2.24) is 0 Å². The van der Waals surface area contributed by atoms with Crippen molar-refractivity contribution >= 4 is 28.9 Å². The molecule has 0 spiro atoms. The summed E-state index contributed by atoms with van der Waals surface area (Å²) in [5.74, 6) is 0. The van der Waals surface area contributed by atoms with Crippen LogP contribution in [0.4, 0.5) is 5.69 Å². The summed E-state index contributed by atoms with van der Waals surface area (Å²) in [6.07, 6.45) is 0. The van der Waals surface area contributed by atoms with E-state index in [1.807, 2.05) is 38.1 Å². The number of halogens is 2. The molecule has 2 aromatic rings. The van der Waals surface area contributed by atoms with Gasteiger partial charge in [0.05, 0.1) is 22.3 Å². The molecule has 2 nitrogen and oxygen atoms in total. The zero-order chi connectivity index (χ0) is 14.7. The van der Waals surface area contributed by atoms with E-state index in [4.69, 9.17) is 28.5 Å². The Morgan fingerprint density at radius 3 is 2.35 bits per heavy atom. The summed E-state index contributed by atoms with van der Waals surface area (Å²) in [4.78, 5) is 0. The van der Waals surface area contributed by atoms with Crippen LogP contribution in [0.15, 0.2) is 36.4 Å². The molecule has 2 aromatic carbocycles. The molecule has 0 aromatic heterocycles. The van der Waals surface area contributed by atoms with Crippen molar-refractivity contribution in [3.8, 4) is 6.07 Å². The minimum Gasteiger partial charge on any atom is -0.377 e. The van der Waals surface area contributed by atoms with Crippen LogP contribution in [0, 0.1) is 18.3 Å². The van der Waals surface area contributed by atoms with Crippen molar-refractivity contribution in [3.63, 3.8) is 0 Å². The number of nitrogens with zero attached hydrogens (tertiary/aromatic N) is 1. The molecule has 0 aliphatic heterocycles. The van der Waals surface area contributed by atoms with Crippen molar-refractivity contribution in [2.75, 3.05) is 5.32 Å². The summed E-state index contributed by atoms with van der Waals surface area (Å²) in [5, 5.41) is 13.5. The number of benzene rings is 2. The van der Waals surface area contributed by atoms with Crippen molar-refractivity contribution in [1.29, 1.82) is 5.26 Å². The number of aryl methyl sites for hydroxylation is 1. The number of hydrogen-bond donors (Lipinski definition) is 1. The first-order chi connectivity index (χ1) is 9.51. The van der Waals surface area contributed by atoms with E-state index in [0.29, 0.717) is 15.6 Å². The summed E-state index contributed by atoms with van der Waals surface area (Å²) in [7, 11) is 0. The van der Waals surface area contributed by atoms with Crippen molar-refractivity contribution in [2.45, 2.75) is 19.9 Å². The van der Waals surface area contributed by atoms with E-state index >= 15 is 0 Å². The van der Waals surface area contributed by atoms with E-state index in [1.165, 1.54) is 0 Å². The maximum atomic E-state index is 8.80. The molecule has 1 unspecified atom stereocenters. The number of hydrogen-bond acceptors (Lipinski definition) is 2. The molecule has 20 heavy (non-hydrogen) atoms. The fraction of sp³-hybridized carbons (Fsp3) is 0.188. The summed E-state index contributed by atoms with van der Waals surface area (Å²) < 4.78 is 0. The summed E-state index contributed by atoms with van der Waals surface area (Å²) in [6, 6.07) is 13.3. The monoisotopic (exact) mass is 304 g/mol. The van der Waals surface area contributed by atoms with Crippen LogP contribution in [0.1, 0.15) is 29.7 Å². The third-order valence-electron chi connectivity index (χ3n) is 3.16. The van der Waals surface area contributed by atoms with Gasteiger partial charge in [0, 0.05) is 11.1 Å². The normalized spacial score (nSPS) is 11.8. The van der Waals surface area contributed by atoms with Crippen LogP contribution in [0.5, 0.6) is 0 Å². The highest BCUT2D eigenvalue weighted by molar-refractivity contribution is 6.35. The second-order valence-corrected chi connectivity index (χ2v) is 5.50. The fourth-order valence-electron chi connectivity index (χ4n) is 1.92. The van der Waals surface area contributed by atoms with Crippen LogP contribution in [0.25, 0.3) is 0 Å². The van der Waals surface area contributed by atoms with Crippen LogP contribution in [0.3, 0.4) is 0 Å². The largest absolute Gasteiger partial charge is 0.377 e. The van der Waals surface area contributed by atoms with Gasteiger partial charge in [-0.3, -0.25) is 0 Å². The number of nitriles is 1. The Balaban J connectivity index is 2.21. The van der Waals surface area contributed by atoms with Crippen LogP contribution >= 0.6 is 23.2 Å². The van der Waals surface area contributed by atoms with Gasteiger partial charge in [-0.25, -0.2) is 0 Å². The predicted molar refractivity (Wildman–Crippen MR) is 84.4 cm³/mol. The lowest BCUT2D eigenvalue weighted by Gasteiger charge is -2.17. The fourth-order valence-corrected chi connectivity index (χ4v) is 2.36. The van der Waals surface area contributed by atoms with Crippen molar-refractivity contribution < 1.29 is 0 Å². The third-order valence-corrected chi connectivity index (χ3v) is 3.88. The van der Waals surface area contributed by atoms with Gasteiger partial charge in [0.2, 0.25) is 0 Å². The Morgan fingerprint density at radius 1 is 1.10 bits per heavy atom. The third kappa shape index (κ3) is 3.25. The summed E-state index contributed by atoms with van der Waals surface area (Å²) in [5.41, 5.74) is 3.49. The first kappa shape index (κ1) is 14.7. The van der Waals surface area contributed by atoms with E-state index in [-0.39, 0.29) is 6.04 Å². The van der Waals surface area contributed by atoms with E-state index < -0.39 is 0 Å². The first-order valence-electron chi connectivity index (χ1n) is 6.23.